The first-order chi connectivity index (χ1) is 7.33. The van der Waals surface area contributed by atoms with Crippen molar-refractivity contribution in [2.24, 2.45) is 7.05 Å². The second-order valence-corrected chi connectivity index (χ2v) is 3.48. The summed E-state index contributed by atoms with van der Waals surface area (Å²) in [7, 11) is -3.94. The Hall–Kier alpha value is -1.07. The zero-order valence-corrected chi connectivity index (χ0v) is 9.47. The largest absolute Gasteiger partial charge is 0.673 e. The van der Waals surface area contributed by atoms with Crippen LogP contribution in [0.2, 0.25) is 0 Å². The minimum atomic E-state index is -6.00. The van der Waals surface area contributed by atoms with Gasteiger partial charge in [0.2, 0.25) is 0 Å². The van der Waals surface area contributed by atoms with Crippen molar-refractivity contribution in [3.05, 3.63) is 30.1 Å². The maximum Gasteiger partial charge on any atom is 0.673 e. The summed E-state index contributed by atoms with van der Waals surface area (Å²) in [6.45, 7) is 2.23. The van der Waals surface area contributed by atoms with Gasteiger partial charge in [0.15, 0.2) is 12.4 Å². The molecule has 1 aromatic rings. The monoisotopic (exact) mass is 237 g/mol. The Morgan fingerprint density at radius 1 is 1.25 bits per heavy atom. The van der Waals surface area contributed by atoms with Gasteiger partial charge >= 0.3 is 7.25 Å². The summed E-state index contributed by atoms with van der Waals surface area (Å²) in [6.07, 6.45) is 8.04. The van der Waals surface area contributed by atoms with Gasteiger partial charge in [-0.2, -0.15) is 0 Å². The average Bonchev–Trinajstić information content (AvgIpc) is 2.12. The molecule has 16 heavy (non-hydrogen) atoms. The van der Waals surface area contributed by atoms with Crippen molar-refractivity contribution in [2.45, 2.75) is 26.2 Å². The van der Waals surface area contributed by atoms with Crippen LogP contribution in [0, 0.1) is 0 Å². The highest BCUT2D eigenvalue weighted by molar-refractivity contribution is 6.50. The molecular formula is C10H16BF4N. The van der Waals surface area contributed by atoms with Gasteiger partial charge in [-0.3, -0.25) is 0 Å². The van der Waals surface area contributed by atoms with Crippen LogP contribution in [0.25, 0.3) is 0 Å². The molecule has 0 spiro atoms. The van der Waals surface area contributed by atoms with Crippen LogP contribution in [0.15, 0.2) is 24.5 Å². The van der Waals surface area contributed by atoms with Crippen LogP contribution in [0.5, 0.6) is 0 Å². The van der Waals surface area contributed by atoms with Crippen LogP contribution in [0.4, 0.5) is 17.3 Å². The van der Waals surface area contributed by atoms with E-state index < -0.39 is 7.25 Å². The van der Waals surface area contributed by atoms with Crippen molar-refractivity contribution >= 4 is 7.25 Å². The van der Waals surface area contributed by atoms with E-state index in [1.807, 2.05) is 0 Å². The van der Waals surface area contributed by atoms with Gasteiger partial charge < -0.3 is 17.3 Å². The van der Waals surface area contributed by atoms with Gasteiger partial charge in [-0.1, -0.05) is 13.3 Å². The van der Waals surface area contributed by atoms with Gasteiger partial charge in [0.25, 0.3) is 0 Å². The van der Waals surface area contributed by atoms with Gasteiger partial charge in [-0.15, -0.1) is 0 Å². The zero-order valence-electron chi connectivity index (χ0n) is 9.47. The topological polar surface area (TPSA) is 3.88 Å². The van der Waals surface area contributed by atoms with E-state index >= 15 is 0 Å². The maximum atomic E-state index is 9.75. The Labute approximate surface area is 93.2 Å². The Morgan fingerprint density at radius 3 is 2.25 bits per heavy atom. The van der Waals surface area contributed by atoms with E-state index in [-0.39, 0.29) is 0 Å². The van der Waals surface area contributed by atoms with Crippen molar-refractivity contribution < 1.29 is 21.8 Å². The third kappa shape index (κ3) is 11.0. The molecule has 0 amide bonds. The van der Waals surface area contributed by atoms with Crippen molar-refractivity contribution in [2.75, 3.05) is 0 Å². The molecule has 0 fully saturated rings. The van der Waals surface area contributed by atoms with Crippen LogP contribution < -0.4 is 4.57 Å². The molecule has 0 aliphatic rings. The minimum absolute atomic E-state index is 1.21. The molecule has 0 N–H and O–H groups in total. The summed E-state index contributed by atoms with van der Waals surface area (Å²) in [4.78, 5) is 0. The highest BCUT2D eigenvalue weighted by Crippen LogP contribution is 2.06. The Bertz CT molecular complexity index is 295. The summed E-state index contributed by atoms with van der Waals surface area (Å²) in [5.41, 5.74) is 1.44. The third-order valence-electron chi connectivity index (χ3n) is 1.82. The van der Waals surface area contributed by atoms with Crippen molar-refractivity contribution in [1.82, 2.24) is 0 Å². The number of nitrogens with zero attached hydrogens (tertiary/aromatic N) is 1. The fraction of sp³-hybridized carbons (Fsp3) is 0.500. The molecule has 1 nitrogen and oxygen atoms in total. The molecular weight excluding hydrogens is 221 g/mol. The SMILES string of the molecule is CCCCc1ccc[n+](C)c1.F[B-](F)(F)F. The molecule has 1 aromatic heterocycles. The second-order valence-electron chi connectivity index (χ2n) is 3.48. The molecule has 0 aliphatic heterocycles. The lowest BCUT2D eigenvalue weighted by Gasteiger charge is -1.95. The Morgan fingerprint density at radius 2 is 1.81 bits per heavy atom. The highest BCUT2D eigenvalue weighted by Gasteiger charge is 2.20. The standard InChI is InChI=1S/C10H16N.BF4/c1-3-4-6-10-7-5-8-11(2)9-10;2-1(3,4)5/h5,7-9H,3-4,6H2,1-2H3;/q+1;-1. The van der Waals surface area contributed by atoms with Crippen LogP contribution in [-0.4, -0.2) is 7.25 Å². The zero-order chi connectivity index (χ0) is 12.6. The van der Waals surface area contributed by atoms with Crippen molar-refractivity contribution in [3.63, 3.8) is 0 Å². The van der Waals surface area contributed by atoms with Crippen LogP contribution >= 0.6 is 0 Å². The molecule has 0 unspecified atom stereocenters. The summed E-state index contributed by atoms with van der Waals surface area (Å²) in [5.74, 6) is 0. The normalized spacial score (nSPS) is 10.6. The summed E-state index contributed by atoms with van der Waals surface area (Å²) in [6, 6.07) is 4.29. The summed E-state index contributed by atoms with van der Waals surface area (Å²) in [5, 5.41) is 0. The van der Waals surface area contributed by atoms with Crippen molar-refractivity contribution in [3.8, 4) is 0 Å². The molecule has 0 bridgehead atoms. The van der Waals surface area contributed by atoms with Gasteiger partial charge in [-0.25, -0.2) is 4.57 Å². The summed E-state index contributed by atoms with van der Waals surface area (Å²) >= 11 is 0. The molecule has 92 valence electrons. The number of aromatic nitrogens is 1. The van der Waals surface area contributed by atoms with E-state index in [0.717, 1.165) is 0 Å². The number of rotatable bonds is 3. The van der Waals surface area contributed by atoms with Gasteiger partial charge in [0.05, 0.1) is 0 Å². The Kier molecular flexibility index (Phi) is 6.77. The van der Waals surface area contributed by atoms with E-state index in [0.29, 0.717) is 0 Å². The lowest BCUT2D eigenvalue weighted by Crippen LogP contribution is -2.26. The lowest BCUT2D eigenvalue weighted by atomic mass is 10.1. The van der Waals surface area contributed by atoms with Crippen molar-refractivity contribution in [1.29, 1.82) is 0 Å². The van der Waals surface area contributed by atoms with Gasteiger partial charge in [-0.05, 0) is 18.9 Å². The fourth-order valence-corrected chi connectivity index (χ4v) is 1.18. The van der Waals surface area contributed by atoms with E-state index in [2.05, 4.69) is 43.1 Å². The van der Waals surface area contributed by atoms with E-state index in [1.54, 1.807) is 0 Å². The predicted molar refractivity (Wildman–Crippen MR) is 56.4 cm³/mol. The summed E-state index contributed by atoms with van der Waals surface area (Å²) < 4.78 is 41.1. The number of hydrogen-bond acceptors (Lipinski definition) is 0. The Balaban J connectivity index is 0.000000385. The van der Waals surface area contributed by atoms with Crippen LogP contribution in [0.1, 0.15) is 25.3 Å². The fourth-order valence-electron chi connectivity index (χ4n) is 1.18. The number of hydrogen-bond donors (Lipinski definition) is 0. The first-order valence-electron chi connectivity index (χ1n) is 5.14. The van der Waals surface area contributed by atoms with Crippen LogP contribution in [-0.2, 0) is 13.5 Å². The molecule has 0 saturated carbocycles. The van der Waals surface area contributed by atoms with Crippen LogP contribution in [0.3, 0.4) is 0 Å². The molecule has 0 atom stereocenters. The number of aryl methyl sites for hydroxylation is 2. The van der Waals surface area contributed by atoms with E-state index in [1.165, 1.54) is 24.8 Å². The quantitative estimate of drug-likeness (QED) is 0.432. The molecule has 1 heterocycles. The van der Waals surface area contributed by atoms with E-state index in [9.17, 15) is 17.3 Å². The number of unbranched alkanes of at least 4 members (excludes halogenated alkanes) is 1. The predicted octanol–water partition coefficient (Wildman–Crippen LogP) is 3.15. The molecule has 0 aromatic carbocycles. The first-order valence-corrected chi connectivity index (χ1v) is 5.14. The average molecular weight is 237 g/mol. The minimum Gasteiger partial charge on any atom is -0.418 e. The molecule has 6 heteroatoms. The molecule has 1 rings (SSSR count). The first kappa shape index (κ1) is 14.9. The third-order valence-corrected chi connectivity index (χ3v) is 1.82. The maximum absolute atomic E-state index is 9.75. The van der Waals surface area contributed by atoms with E-state index in [4.69, 9.17) is 0 Å². The van der Waals surface area contributed by atoms with Gasteiger partial charge in [0.1, 0.15) is 7.05 Å². The second kappa shape index (κ2) is 7.25. The number of halogens is 4. The highest BCUT2D eigenvalue weighted by atomic mass is 19.5. The molecule has 0 aliphatic carbocycles. The molecule has 0 saturated heterocycles. The lowest BCUT2D eigenvalue weighted by molar-refractivity contribution is -0.671. The molecule has 0 radical (unpaired) electrons. The number of pyridine rings is 1. The van der Waals surface area contributed by atoms with Gasteiger partial charge in [0, 0.05) is 11.6 Å². The smallest absolute Gasteiger partial charge is 0.418 e.